The van der Waals surface area contributed by atoms with Gasteiger partial charge in [-0.05, 0) is 35.5 Å². The number of hydrogen-bond acceptors (Lipinski definition) is 7. The number of thioether (sulfide) groups is 1. The molecule has 2 heterocycles. The van der Waals surface area contributed by atoms with Crippen molar-refractivity contribution in [2.45, 2.75) is 0 Å². The molecule has 2 aliphatic heterocycles. The molecule has 0 aromatic heterocycles. The molecule has 9 heteroatoms. The van der Waals surface area contributed by atoms with Crippen molar-refractivity contribution in [1.82, 2.24) is 9.80 Å². The van der Waals surface area contributed by atoms with Crippen molar-refractivity contribution in [2.24, 2.45) is 0 Å². The number of carbonyl (C=O) groups is 3. The zero-order valence-corrected chi connectivity index (χ0v) is 15.9. The van der Waals surface area contributed by atoms with Gasteiger partial charge in [0.1, 0.15) is 18.0 Å². The Labute approximate surface area is 161 Å². The summed E-state index contributed by atoms with van der Waals surface area (Å²) >= 11 is 0.814. The van der Waals surface area contributed by atoms with Crippen LogP contribution < -0.4 is 9.47 Å². The summed E-state index contributed by atoms with van der Waals surface area (Å²) in [4.78, 5) is 40.0. The summed E-state index contributed by atoms with van der Waals surface area (Å²) in [6.45, 7) is 1.60. The summed E-state index contributed by atoms with van der Waals surface area (Å²) in [5.41, 5.74) is 0.663. The van der Waals surface area contributed by atoms with Gasteiger partial charge in [-0.3, -0.25) is 19.3 Å². The Hall–Kier alpha value is -2.52. The van der Waals surface area contributed by atoms with E-state index in [-0.39, 0.29) is 17.4 Å². The molecule has 1 aromatic carbocycles. The Morgan fingerprint density at radius 2 is 1.78 bits per heavy atom. The van der Waals surface area contributed by atoms with Gasteiger partial charge >= 0.3 is 0 Å². The van der Waals surface area contributed by atoms with Crippen LogP contribution in [0, 0.1) is 0 Å². The first-order valence-electron chi connectivity index (χ1n) is 8.36. The van der Waals surface area contributed by atoms with Crippen LogP contribution >= 0.6 is 11.8 Å². The molecule has 0 N–H and O–H groups in total. The first kappa shape index (κ1) is 19.2. The Morgan fingerprint density at radius 1 is 1.15 bits per heavy atom. The van der Waals surface area contributed by atoms with E-state index in [2.05, 4.69) is 0 Å². The Kier molecular flexibility index (Phi) is 6.02. The van der Waals surface area contributed by atoms with E-state index in [0.29, 0.717) is 43.4 Å². The van der Waals surface area contributed by atoms with Crippen molar-refractivity contribution < 1.29 is 28.6 Å². The van der Waals surface area contributed by atoms with E-state index in [1.165, 1.54) is 14.2 Å². The lowest BCUT2D eigenvalue weighted by Gasteiger charge is -2.28. The molecule has 3 amide bonds. The molecule has 2 aliphatic rings. The average molecular weight is 392 g/mol. The number of carbonyl (C=O) groups excluding carboxylic acids is 3. The number of ether oxygens (including phenoxy) is 3. The minimum Gasteiger partial charge on any atom is -0.497 e. The zero-order valence-electron chi connectivity index (χ0n) is 15.1. The predicted molar refractivity (Wildman–Crippen MR) is 99.6 cm³/mol. The van der Waals surface area contributed by atoms with Crippen molar-refractivity contribution in [3.05, 3.63) is 28.7 Å². The van der Waals surface area contributed by atoms with Crippen molar-refractivity contribution in [3.63, 3.8) is 0 Å². The highest BCUT2D eigenvalue weighted by Gasteiger charge is 2.37. The van der Waals surface area contributed by atoms with Crippen molar-refractivity contribution in [2.75, 3.05) is 47.1 Å². The van der Waals surface area contributed by atoms with Crippen LogP contribution in [0.2, 0.25) is 0 Å². The summed E-state index contributed by atoms with van der Waals surface area (Å²) in [5, 5.41) is -0.456. The molecule has 0 radical (unpaired) electrons. The Balaban J connectivity index is 1.75. The molecular formula is C18H20N2O6S. The summed E-state index contributed by atoms with van der Waals surface area (Å²) in [7, 11) is 3.06. The summed E-state index contributed by atoms with van der Waals surface area (Å²) in [5.74, 6) is 0.406. The predicted octanol–water partition coefficient (Wildman–Crippen LogP) is 1.60. The molecule has 1 aromatic rings. The molecule has 3 rings (SSSR count). The van der Waals surface area contributed by atoms with Crippen molar-refractivity contribution in [3.8, 4) is 11.5 Å². The molecule has 2 saturated heterocycles. The van der Waals surface area contributed by atoms with Crippen LogP contribution in [0.4, 0.5) is 4.79 Å². The standard InChI is InChI=1S/C18H20N2O6S/c1-24-13-7-12(8-14(10-13)25-2)9-15-17(22)20(18(23)27-15)11-16(21)19-3-5-26-6-4-19/h7-10H,3-6,11H2,1-2H3/b15-9+. The largest absolute Gasteiger partial charge is 0.497 e. The molecule has 144 valence electrons. The van der Waals surface area contributed by atoms with Crippen LogP contribution in [0.3, 0.4) is 0 Å². The van der Waals surface area contributed by atoms with E-state index < -0.39 is 11.1 Å². The van der Waals surface area contributed by atoms with Gasteiger partial charge in [-0.15, -0.1) is 0 Å². The Bertz CT molecular complexity index is 766. The fraction of sp³-hybridized carbons (Fsp3) is 0.389. The molecule has 0 aliphatic carbocycles. The maximum Gasteiger partial charge on any atom is 0.294 e. The SMILES string of the molecule is COc1cc(/C=C2/SC(=O)N(CC(=O)N3CCOCC3)C2=O)cc(OC)c1. The van der Waals surface area contributed by atoms with Gasteiger partial charge < -0.3 is 19.1 Å². The molecule has 2 fully saturated rings. The molecule has 0 saturated carbocycles. The first-order valence-corrected chi connectivity index (χ1v) is 9.17. The number of rotatable bonds is 5. The van der Waals surface area contributed by atoms with Gasteiger partial charge in [0.05, 0.1) is 32.3 Å². The molecule has 8 nitrogen and oxygen atoms in total. The summed E-state index contributed by atoms with van der Waals surface area (Å²) in [6.07, 6.45) is 1.59. The number of nitrogens with zero attached hydrogens (tertiary/aromatic N) is 2. The van der Waals surface area contributed by atoms with Gasteiger partial charge in [-0.2, -0.15) is 0 Å². The van der Waals surface area contributed by atoms with E-state index in [9.17, 15) is 14.4 Å². The summed E-state index contributed by atoms with van der Waals surface area (Å²) in [6, 6.07) is 5.18. The highest BCUT2D eigenvalue weighted by molar-refractivity contribution is 8.18. The van der Waals surface area contributed by atoms with Crippen LogP contribution in [-0.2, 0) is 14.3 Å². The third-order valence-electron chi connectivity index (χ3n) is 4.20. The van der Waals surface area contributed by atoms with Crippen LogP contribution in [0.15, 0.2) is 23.1 Å². The van der Waals surface area contributed by atoms with E-state index in [1.54, 1.807) is 29.2 Å². The number of imide groups is 1. The quantitative estimate of drug-likeness (QED) is 0.704. The van der Waals surface area contributed by atoms with Gasteiger partial charge in [-0.25, -0.2) is 0 Å². The highest BCUT2D eigenvalue weighted by atomic mass is 32.2. The van der Waals surface area contributed by atoms with Crippen molar-refractivity contribution in [1.29, 1.82) is 0 Å². The second-order valence-corrected chi connectivity index (χ2v) is 6.90. The number of amides is 3. The first-order chi connectivity index (χ1) is 13.0. The van der Waals surface area contributed by atoms with Gasteiger partial charge in [-0.1, -0.05) is 0 Å². The third-order valence-corrected chi connectivity index (χ3v) is 5.11. The minimum absolute atomic E-state index is 0.255. The van der Waals surface area contributed by atoms with Gasteiger partial charge in [0, 0.05) is 19.2 Å². The van der Waals surface area contributed by atoms with Gasteiger partial charge in [0.25, 0.3) is 11.1 Å². The number of morpholine rings is 1. The monoisotopic (exact) mass is 392 g/mol. The number of hydrogen-bond donors (Lipinski definition) is 0. The molecule has 27 heavy (non-hydrogen) atoms. The van der Waals surface area contributed by atoms with E-state index in [1.807, 2.05) is 0 Å². The molecule has 0 unspecified atom stereocenters. The van der Waals surface area contributed by atoms with Crippen molar-refractivity contribution >= 4 is 34.9 Å². The van der Waals surface area contributed by atoms with Gasteiger partial charge in [0.2, 0.25) is 5.91 Å². The van der Waals surface area contributed by atoms with Gasteiger partial charge in [0.15, 0.2) is 0 Å². The lowest BCUT2D eigenvalue weighted by Crippen LogP contribution is -2.46. The normalized spacial score (nSPS) is 19.0. The minimum atomic E-state index is -0.478. The second kappa shape index (κ2) is 8.45. The average Bonchev–Trinajstić information content (AvgIpc) is 2.95. The van der Waals surface area contributed by atoms with Crippen LogP contribution in [0.1, 0.15) is 5.56 Å². The maximum atomic E-state index is 12.6. The highest BCUT2D eigenvalue weighted by Crippen LogP contribution is 2.33. The fourth-order valence-electron chi connectivity index (χ4n) is 2.75. The van der Waals surface area contributed by atoms with Crippen LogP contribution in [0.5, 0.6) is 11.5 Å². The summed E-state index contributed by atoms with van der Waals surface area (Å²) < 4.78 is 15.6. The lowest BCUT2D eigenvalue weighted by atomic mass is 10.2. The molecule has 0 bridgehead atoms. The molecule has 0 atom stereocenters. The van der Waals surface area contributed by atoms with Crippen LogP contribution in [-0.4, -0.2) is 73.9 Å². The topological polar surface area (TPSA) is 85.4 Å². The number of methoxy groups -OCH3 is 2. The molecule has 0 spiro atoms. The second-order valence-electron chi connectivity index (χ2n) is 5.91. The molecular weight excluding hydrogens is 372 g/mol. The van der Waals surface area contributed by atoms with E-state index in [4.69, 9.17) is 14.2 Å². The fourth-order valence-corrected chi connectivity index (χ4v) is 3.59. The Morgan fingerprint density at radius 3 is 2.37 bits per heavy atom. The van der Waals surface area contributed by atoms with E-state index >= 15 is 0 Å². The lowest BCUT2D eigenvalue weighted by molar-refractivity contribution is -0.139. The third kappa shape index (κ3) is 4.42. The zero-order chi connectivity index (χ0) is 19.4. The number of benzene rings is 1. The van der Waals surface area contributed by atoms with Crippen LogP contribution in [0.25, 0.3) is 6.08 Å². The maximum absolute atomic E-state index is 12.6. The smallest absolute Gasteiger partial charge is 0.294 e. The van der Waals surface area contributed by atoms with E-state index in [0.717, 1.165) is 16.7 Å².